The van der Waals surface area contributed by atoms with E-state index in [1.54, 1.807) is 0 Å². The lowest BCUT2D eigenvalue weighted by Gasteiger charge is -2.26. The number of halogens is 1. The van der Waals surface area contributed by atoms with Gasteiger partial charge >= 0.3 is 0 Å². The fraction of sp³-hybridized carbons (Fsp3) is 0.600. The highest BCUT2D eigenvalue weighted by Crippen LogP contribution is 2.29. The molecule has 0 bridgehead atoms. The Morgan fingerprint density at radius 1 is 1.25 bits per heavy atom. The SMILES string of the molecule is CCn1nc(C)c2c(Cl)c(CN3CCCCC3)cnc21. The average Bonchev–Trinajstić information content (AvgIpc) is 2.80. The van der Waals surface area contributed by atoms with Crippen LogP contribution in [0.4, 0.5) is 0 Å². The van der Waals surface area contributed by atoms with Crippen LogP contribution in [-0.2, 0) is 13.1 Å². The van der Waals surface area contributed by atoms with Crippen LogP contribution in [0.25, 0.3) is 11.0 Å². The first-order valence-electron chi connectivity index (χ1n) is 7.43. The Morgan fingerprint density at radius 3 is 2.70 bits per heavy atom. The van der Waals surface area contributed by atoms with Gasteiger partial charge in [-0.3, -0.25) is 4.90 Å². The number of aromatic nitrogens is 3. The van der Waals surface area contributed by atoms with Gasteiger partial charge in [-0.05, 0) is 39.8 Å². The van der Waals surface area contributed by atoms with E-state index in [9.17, 15) is 0 Å². The average molecular weight is 293 g/mol. The molecule has 0 aromatic carbocycles. The highest BCUT2D eigenvalue weighted by atomic mass is 35.5. The van der Waals surface area contributed by atoms with Crippen molar-refractivity contribution in [1.82, 2.24) is 19.7 Å². The third-order valence-electron chi connectivity index (χ3n) is 4.09. The Kier molecular flexibility index (Phi) is 3.94. The lowest BCUT2D eigenvalue weighted by atomic mass is 10.1. The fourth-order valence-corrected chi connectivity index (χ4v) is 3.33. The van der Waals surface area contributed by atoms with Gasteiger partial charge in [0.1, 0.15) is 0 Å². The molecule has 2 aromatic rings. The van der Waals surface area contributed by atoms with Crippen molar-refractivity contribution in [2.24, 2.45) is 0 Å². The Bertz CT molecular complexity index is 614. The van der Waals surface area contributed by atoms with Gasteiger partial charge < -0.3 is 0 Å². The molecule has 0 amide bonds. The predicted molar refractivity (Wildman–Crippen MR) is 82.1 cm³/mol. The molecule has 108 valence electrons. The second-order valence-corrected chi connectivity index (χ2v) is 5.91. The largest absolute Gasteiger partial charge is 0.299 e. The van der Waals surface area contributed by atoms with Gasteiger partial charge in [0.15, 0.2) is 5.65 Å². The van der Waals surface area contributed by atoms with Crippen molar-refractivity contribution in [3.8, 4) is 0 Å². The molecule has 0 aliphatic carbocycles. The summed E-state index contributed by atoms with van der Waals surface area (Å²) in [5.74, 6) is 0. The molecule has 20 heavy (non-hydrogen) atoms. The van der Waals surface area contributed by atoms with Crippen molar-refractivity contribution < 1.29 is 0 Å². The van der Waals surface area contributed by atoms with Crippen LogP contribution in [-0.4, -0.2) is 32.8 Å². The van der Waals surface area contributed by atoms with E-state index in [1.807, 2.05) is 17.8 Å². The number of rotatable bonds is 3. The van der Waals surface area contributed by atoms with Gasteiger partial charge in [0.25, 0.3) is 0 Å². The smallest absolute Gasteiger partial charge is 0.159 e. The maximum atomic E-state index is 6.62. The van der Waals surface area contributed by atoms with Crippen LogP contribution in [0.15, 0.2) is 6.20 Å². The standard InChI is InChI=1S/C15H21ClN4/c1-3-20-15-13(11(2)18-20)14(16)12(9-17-15)10-19-7-5-4-6-8-19/h9H,3-8,10H2,1-2H3. The minimum Gasteiger partial charge on any atom is -0.299 e. The van der Waals surface area contributed by atoms with E-state index in [2.05, 4.69) is 21.9 Å². The zero-order valence-corrected chi connectivity index (χ0v) is 12.9. The Labute approximate surface area is 124 Å². The van der Waals surface area contributed by atoms with Crippen molar-refractivity contribution in [3.63, 3.8) is 0 Å². The Hall–Kier alpha value is -1.13. The van der Waals surface area contributed by atoms with Crippen LogP contribution in [0.1, 0.15) is 37.4 Å². The summed E-state index contributed by atoms with van der Waals surface area (Å²) >= 11 is 6.62. The highest BCUT2D eigenvalue weighted by molar-refractivity contribution is 6.36. The number of aryl methyl sites for hydroxylation is 2. The van der Waals surface area contributed by atoms with Crippen molar-refractivity contribution in [1.29, 1.82) is 0 Å². The van der Waals surface area contributed by atoms with Crippen LogP contribution in [0, 0.1) is 6.92 Å². The molecule has 0 unspecified atom stereocenters. The number of likely N-dealkylation sites (tertiary alicyclic amines) is 1. The zero-order valence-electron chi connectivity index (χ0n) is 12.2. The quantitative estimate of drug-likeness (QED) is 0.869. The third-order valence-corrected chi connectivity index (χ3v) is 4.52. The first-order chi connectivity index (χ1) is 9.70. The zero-order chi connectivity index (χ0) is 14.1. The summed E-state index contributed by atoms with van der Waals surface area (Å²) in [7, 11) is 0. The number of nitrogens with zero attached hydrogens (tertiary/aromatic N) is 4. The topological polar surface area (TPSA) is 34.0 Å². The van der Waals surface area contributed by atoms with Gasteiger partial charge in [-0.2, -0.15) is 5.10 Å². The summed E-state index contributed by atoms with van der Waals surface area (Å²) in [5.41, 5.74) is 3.00. The van der Waals surface area contributed by atoms with Gasteiger partial charge in [-0.25, -0.2) is 9.67 Å². The summed E-state index contributed by atoms with van der Waals surface area (Å²) in [6.07, 6.45) is 5.86. The van der Waals surface area contributed by atoms with E-state index in [0.29, 0.717) is 0 Å². The molecule has 0 spiro atoms. The molecule has 5 heteroatoms. The molecule has 1 saturated heterocycles. The minimum atomic E-state index is 0.819. The van der Waals surface area contributed by atoms with Gasteiger partial charge in [0.2, 0.25) is 0 Å². The second kappa shape index (κ2) is 5.70. The van der Waals surface area contributed by atoms with Gasteiger partial charge in [-0.15, -0.1) is 0 Å². The maximum absolute atomic E-state index is 6.62. The molecule has 4 nitrogen and oxygen atoms in total. The molecule has 2 aromatic heterocycles. The highest BCUT2D eigenvalue weighted by Gasteiger charge is 2.17. The lowest BCUT2D eigenvalue weighted by molar-refractivity contribution is 0.221. The van der Waals surface area contributed by atoms with E-state index in [1.165, 1.54) is 32.4 Å². The van der Waals surface area contributed by atoms with E-state index in [0.717, 1.165) is 40.4 Å². The van der Waals surface area contributed by atoms with Crippen LogP contribution in [0.2, 0.25) is 5.02 Å². The van der Waals surface area contributed by atoms with Crippen molar-refractivity contribution in [2.45, 2.75) is 46.2 Å². The van der Waals surface area contributed by atoms with Gasteiger partial charge in [0, 0.05) is 24.8 Å². The molecule has 3 rings (SSSR count). The molecular formula is C15H21ClN4. The van der Waals surface area contributed by atoms with Crippen LogP contribution >= 0.6 is 11.6 Å². The molecule has 1 aliphatic rings. The van der Waals surface area contributed by atoms with E-state index < -0.39 is 0 Å². The summed E-state index contributed by atoms with van der Waals surface area (Å²) in [6.45, 7) is 8.14. The predicted octanol–water partition coefficient (Wildman–Crippen LogP) is 3.40. The fourth-order valence-electron chi connectivity index (χ4n) is 3.00. The van der Waals surface area contributed by atoms with Crippen molar-refractivity contribution in [2.75, 3.05) is 13.1 Å². The minimum absolute atomic E-state index is 0.819. The lowest BCUT2D eigenvalue weighted by Crippen LogP contribution is -2.29. The third kappa shape index (κ3) is 2.42. The number of hydrogen-bond acceptors (Lipinski definition) is 3. The molecular weight excluding hydrogens is 272 g/mol. The molecule has 3 heterocycles. The molecule has 0 N–H and O–H groups in total. The molecule has 1 fully saturated rings. The van der Waals surface area contributed by atoms with Crippen LogP contribution in [0.5, 0.6) is 0 Å². The van der Waals surface area contributed by atoms with Gasteiger partial charge in [-0.1, -0.05) is 18.0 Å². The van der Waals surface area contributed by atoms with E-state index in [-0.39, 0.29) is 0 Å². The molecule has 0 atom stereocenters. The monoisotopic (exact) mass is 292 g/mol. The van der Waals surface area contributed by atoms with Crippen LogP contribution < -0.4 is 0 Å². The van der Waals surface area contributed by atoms with Crippen LogP contribution in [0.3, 0.4) is 0 Å². The molecule has 0 saturated carbocycles. The molecule has 1 aliphatic heterocycles. The first-order valence-corrected chi connectivity index (χ1v) is 7.81. The summed E-state index contributed by atoms with van der Waals surface area (Å²) < 4.78 is 1.92. The van der Waals surface area contributed by atoms with E-state index >= 15 is 0 Å². The van der Waals surface area contributed by atoms with Crippen molar-refractivity contribution >= 4 is 22.6 Å². The normalized spacial score (nSPS) is 16.9. The van der Waals surface area contributed by atoms with Gasteiger partial charge in [0.05, 0.1) is 16.1 Å². The summed E-state index contributed by atoms with van der Waals surface area (Å²) in [6, 6.07) is 0. The first kappa shape index (κ1) is 13.8. The number of piperidine rings is 1. The number of fused-ring (bicyclic) bond motifs is 1. The second-order valence-electron chi connectivity index (χ2n) is 5.53. The molecule has 0 radical (unpaired) electrons. The summed E-state index contributed by atoms with van der Waals surface area (Å²) in [4.78, 5) is 7.06. The van der Waals surface area contributed by atoms with E-state index in [4.69, 9.17) is 11.6 Å². The van der Waals surface area contributed by atoms with Crippen molar-refractivity contribution in [3.05, 3.63) is 22.5 Å². The Morgan fingerprint density at radius 2 is 2.00 bits per heavy atom. The number of pyridine rings is 1. The summed E-state index contributed by atoms with van der Waals surface area (Å²) in [5, 5.41) is 6.36. The number of hydrogen-bond donors (Lipinski definition) is 0. The maximum Gasteiger partial charge on any atom is 0.159 e. The Balaban J connectivity index is 1.96.